The lowest BCUT2D eigenvalue weighted by Gasteiger charge is -2.18. The average Bonchev–Trinajstić information content (AvgIpc) is 3.07. The maximum absolute atomic E-state index is 2.59. The van der Waals surface area contributed by atoms with Crippen LogP contribution in [0.15, 0.2) is 52.5 Å². The molecular formula is C22H33NS. The quantitative estimate of drug-likeness (QED) is 0.402. The van der Waals surface area contributed by atoms with Gasteiger partial charge in [0, 0.05) is 17.2 Å². The van der Waals surface area contributed by atoms with Crippen molar-refractivity contribution in [1.82, 2.24) is 4.90 Å². The molecule has 1 saturated heterocycles. The van der Waals surface area contributed by atoms with Crippen molar-refractivity contribution in [2.24, 2.45) is 5.92 Å². The lowest BCUT2D eigenvalue weighted by Crippen LogP contribution is -2.18. The molecule has 0 unspecified atom stereocenters. The predicted octanol–water partition coefficient (Wildman–Crippen LogP) is 6.31. The summed E-state index contributed by atoms with van der Waals surface area (Å²) in [6.45, 7) is 12.6. The first-order valence-electron chi connectivity index (χ1n) is 9.43. The number of allylic oxidation sites excluding steroid dienone is 3. The molecule has 1 aromatic carbocycles. The molecule has 0 spiro atoms. The van der Waals surface area contributed by atoms with E-state index in [0.717, 1.165) is 18.7 Å². The van der Waals surface area contributed by atoms with Crippen molar-refractivity contribution in [2.75, 3.05) is 18.8 Å². The van der Waals surface area contributed by atoms with E-state index >= 15 is 0 Å². The van der Waals surface area contributed by atoms with Crippen LogP contribution in [0.4, 0.5) is 0 Å². The molecule has 0 N–H and O–H groups in total. The maximum atomic E-state index is 2.59. The Labute approximate surface area is 153 Å². The lowest BCUT2D eigenvalue weighted by molar-refractivity contribution is 0.329. The van der Waals surface area contributed by atoms with Gasteiger partial charge in [-0.3, -0.25) is 4.90 Å². The summed E-state index contributed by atoms with van der Waals surface area (Å²) in [5, 5.41) is 0. The third-order valence-corrected chi connectivity index (χ3v) is 5.79. The van der Waals surface area contributed by atoms with Crippen molar-refractivity contribution < 1.29 is 0 Å². The molecule has 1 aliphatic rings. The molecule has 0 amide bonds. The van der Waals surface area contributed by atoms with Gasteiger partial charge in [-0.15, -0.1) is 11.8 Å². The van der Waals surface area contributed by atoms with Crippen molar-refractivity contribution in [2.45, 2.75) is 58.4 Å². The number of benzene rings is 1. The molecule has 1 aliphatic heterocycles. The van der Waals surface area contributed by atoms with Crippen LogP contribution in [-0.4, -0.2) is 23.7 Å². The van der Waals surface area contributed by atoms with Crippen LogP contribution < -0.4 is 0 Å². The topological polar surface area (TPSA) is 3.24 Å². The van der Waals surface area contributed by atoms with Crippen molar-refractivity contribution in [3.63, 3.8) is 0 Å². The van der Waals surface area contributed by atoms with Crippen LogP contribution in [0, 0.1) is 5.92 Å². The Kier molecular flexibility index (Phi) is 8.14. The van der Waals surface area contributed by atoms with E-state index in [0.29, 0.717) is 5.92 Å². The summed E-state index contributed by atoms with van der Waals surface area (Å²) < 4.78 is 0. The van der Waals surface area contributed by atoms with Gasteiger partial charge in [0.2, 0.25) is 0 Å². The second-order valence-electron chi connectivity index (χ2n) is 6.98. The highest BCUT2D eigenvalue weighted by Crippen LogP contribution is 2.29. The van der Waals surface area contributed by atoms with E-state index in [4.69, 9.17) is 0 Å². The van der Waals surface area contributed by atoms with Gasteiger partial charge in [0.15, 0.2) is 0 Å². The SMILES string of the molecule is C/C=C(CC)\C(=C/C(C)C)CSc1ccccc1CN1CCCC1. The van der Waals surface area contributed by atoms with Crippen molar-refractivity contribution in [3.8, 4) is 0 Å². The van der Waals surface area contributed by atoms with Gasteiger partial charge in [-0.1, -0.05) is 51.1 Å². The van der Waals surface area contributed by atoms with Gasteiger partial charge in [-0.2, -0.15) is 0 Å². The Morgan fingerprint density at radius 3 is 2.50 bits per heavy atom. The third-order valence-electron chi connectivity index (χ3n) is 4.62. The van der Waals surface area contributed by atoms with Crippen LogP contribution in [-0.2, 0) is 6.54 Å². The summed E-state index contributed by atoms with van der Waals surface area (Å²) in [5.74, 6) is 1.67. The van der Waals surface area contributed by atoms with E-state index in [1.54, 1.807) is 0 Å². The van der Waals surface area contributed by atoms with Crippen molar-refractivity contribution in [3.05, 3.63) is 53.1 Å². The fourth-order valence-electron chi connectivity index (χ4n) is 3.38. The zero-order valence-electron chi connectivity index (χ0n) is 15.8. The Morgan fingerprint density at radius 2 is 1.88 bits per heavy atom. The summed E-state index contributed by atoms with van der Waals surface area (Å²) in [4.78, 5) is 4.04. The number of hydrogen-bond acceptors (Lipinski definition) is 2. The maximum Gasteiger partial charge on any atom is 0.0244 e. The van der Waals surface area contributed by atoms with Crippen LogP contribution in [0.1, 0.15) is 52.5 Å². The summed E-state index contributed by atoms with van der Waals surface area (Å²) in [7, 11) is 0. The Balaban J connectivity index is 2.09. The van der Waals surface area contributed by atoms with Gasteiger partial charge in [0.25, 0.3) is 0 Å². The summed E-state index contributed by atoms with van der Waals surface area (Å²) >= 11 is 2.00. The van der Waals surface area contributed by atoms with E-state index in [-0.39, 0.29) is 0 Å². The van der Waals surface area contributed by atoms with Crippen LogP contribution >= 0.6 is 11.8 Å². The lowest BCUT2D eigenvalue weighted by atomic mass is 10.0. The fourth-order valence-corrected chi connectivity index (χ4v) is 4.46. The standard InChI is InChI=1S/C22H33NS/c1-5-19(6-2)21(15-18(3)4)17-24-22-12-8-7-11-20(22)16-23-13-9-10-14-23/h5,7-8,11-12,15,18H,6,9-10,13-14,16-17H2,1-4H3/b19-5-,21-15-. The molecule has 1 fully saturated rings. The van der Waals surface area contributed by atoms with Gasteiger partial charge in [0.05, 0.1) is 0 Å². The number of rotatable bonds is 8. The number of likely N-dealkylation sites (tertiary alicyclic amines) is 1. The monoisotopic (exact) mass is 343 g/mol. The van der Waals surface area contributed by atoms with Gasteiger partial charge < -0.3 is 0 Å². The van der Waals surface area contributed by atoms with E-state index in [1.165, 1.54) is 47.5 Å². The van der Waals surface area contributed by atoms with Crippen molar-refractivity contribution in [1.29, 1.82) is 0 Å². The molecule has 1 heterocycles. The highest BCUT2D eigenvalue weighted by Gasteiger charge is 2.14. The second-order valence-corrected chi connectivity index (χ2v) is 8.00. The van der Waals surface area contributed by atoms with Gasteiger partial charge >= 0.3 is 0 Å². The smallest absolute Gasteiger partial charge is 0.0244 e. The predicted molar refractivity (Wildman–Crippen MR) is 109 cm³/mol. The minimum atomic E-state index is 0.599. The zero-order valence-corrected chi connectivity index (χ0v) is 16.7. The molecule has 1 nitrogen and oxygen atoms in total. The van der Waals surface area contributed by atoms with Crippen LogP contribution in [0.3, 0.4) is 0 Å². The number of hydrogen-bond donors (Lipinski definition) is 0. The van der Waals surface area contributed by atoms with Crippen LogP contribution in [0.5, 0.6) is 0 Å². The highest BCUT2D eigenvalue weighted by atomic mass is 32.2. The van der Waals surface area contributed by atoms with E-state index < -0.39 is 0 Å². The number of nitrogens with zero attached hydrogens (tertiary/aromatic N) is 1. The molecule has 24 heavy (non-hydrogen) atoms. The third kappa shape index (κ3) is 5.82. The fraction of sp³-hybridized carbons (Fsp3) is 0.545. The first-order valence-corrected chi connectivity index (χ1v) is 10.4. The first kappa shape index (κ1) is 19.3. The van der Waals surface area contributed by atoms with Gasteiger partial charge in [-0.25, -0.2) is 0 Å². The molecule has 0 saturated carbocycles. The molecule has 0 radical (unpaired) electrons. The average molecular weight is 344 g/mol. The Hall–Kier alpha value is -0.990. The Bertz CT molecular complexity index is 565. The summed E-state index contributed by atoms with van der Waals surface area (Å²) in [6, 6.07) is 8.97. The molecule has 0 bridgehead atoms. The largest absolute Gasteiger partial charge is 0.299 e. The molecular weight excluding hydrogens is 310 g/mol. The van der Waals surface area contributed by atoms with Crippen molar-refractivity contribution >= 4 is 11.8 Å². The zero-order chi connectivity index (χ0) is 17.4. The molecule has 1 aromatic rings. The normalized spacial score (nSPS) is 17.0. The molecule has 2 rings (SSSR count). The molecule has 132 valence electrons. The Morgan fingerprint density at radius 1 is 1.17 bits per heavy atom. The molecule has 0 aromatic heterocycles. The van der Waals surface area contributed by atoms with Gasteiger partial charge in [0.1, 0.15) is 0 Å². The minimum Gasteiger partial charge on any atom is -0.299 e. The highest BCUT2D eigenvalue weighted by molar-refractivity contribution is 7.99. The van der Waals surface area contributed by atoms with E-state index in [1.807, 2.05) is 11.8 Å². The minimum absolute atomic E-state index is 0.599. The summed E-state index contributed by atoms with van der Waals surface area (Å²) in [6.07, 6.45) is 8.56. The van der Waals surface area contributed by atoms with Crippen LogP contribution in [0.25, 0.3) is 0 Å². The summed E-state index contributed by atoms with van der Waals surface area (Å²) in [5.41, 5.74) is 4.50. The number of thioether (sulfide) groups is 1. The molecule has 2 heteroatoms. The van der Waals surface area contributed by atoms with Gasteiger partial charge in [-0.05, 0) is 68.0 Å². The molecule has 0 atom stereocenters. The molecule has 0 aliphatic carbocycles. The first-order chi connectivity index (χ1) is 11.6. The van der Waals surface area contributed by atoms with Crippen LogP contribution in [0.2, 0.25) is 0 Å². The second kappa shape index (κ2) is 10.1. The van der Waals surface area contributed by atoms with E-state index in [9.17, 15) is 0 Å². The van der Waals surface area contributed by atoms with E-state index in [2.05, 4.69) is 69.0 Å².